The zero-order valence-electron chi connectivity index (χ0n) is 5.28. The van der Waals surface area contributed by atoms with Gasteiger partial charge in [0, 0.05) is 0 Å². The summed E-state index contributed by atoms with van der Waals surface area (Å²) in [6.45, 7) is 0. The lowest BCUT2D eigenvalue weighted by molar-refractivity contribution is 0.570. The van der Waals surface area contributed by atoms with Gasteiger partial charge in [-0.05, 0) is 12.1 Å². The van der Waals surface area contributed by atoms with Gasteiger partial charge in [0.1, 0.15) is 5.75 Å². The van der Waals surface area contributed by atoms with Gasteiger partial charge in [0.15, 0.2) is 6.40 Å². The van der Waals surface area contributed by atoms with Crippen LogP contribution < -0.4 is 4.74 Å². The molecule has 10 heavy (non-hydrogen) atoms. The summed E-state index contributed by atoms with van der Waals surface area (Å²) >= 11 is 0. The van der Waals surface area contributed by atoms with E-state index in [9.17, 15) is 0 Å². The minimum absolute atomic E-state index is 0. The van der Waals surface area contributed by atoms with Gasteiger partial charge in [-0.1, -0.05) is 18.2 Å². The molecule has 0 fully saturated rings. The maximum absolute atomic E-state index is 6.59. The van der Waals surface area contributed by atoms with E-state index in [1.165, 1.54) is 0 Å². The highest BCUT2D eigenvalue weighted by atomic mass is 79.9. The van der Waals surface area contributed by atoms with Crippen LogP contribution in [0.1, 0.15) is 0 Å². The second-order valence-corrected chi connectivity index (χ2v) is 1.55. The molecule has 0 spiro atoms. The monoisotopic (exact) mass is 201 g/mol. The topological polar surface area (TPSA) is 33.1 Å². The first kappa shape index (κ1) is 9.17. The number of rotatable bonds is 2. The van der Waals surface area contributed by atoms with Crippen LogP contribution in [0.15, 0.2) is 30.3 Å². The molecule has 0 saturated carbocycles. The first-order valence-corrected chi connectivity index (χ1v) is 2.64. The van der Waals surface area contributed by atoms with Crippen molar-refractivity contribution in [3.63, 3.8) is 0 Å². The zero-order valence-corrected chi connectivity index (χ0v) is 6.99. The first-order chi connectivity index (χ1) is 4.43. The van der Waals surface area contributed by atoms with E-state index in [2.05, 4.69) is 0 Å². The Labute approximate surface area is 70.1 Å². The predicted octanol–water partition coefficient (Wildman–Crippen LogP) is 2.25. The molecule has 3 heteroatoms. The Morgan fingerprint density at radius 2 is 1.80 bits per heavy atom. The number of hydrogen-bond donors (Lipinski definition) is 1. The van der Waals surface area contributed by atoms with Crippen molar-refractivity contribution < 1.29 is 4.74 Å². The molecule has 0 aliphatic carbocycles. The Bertz CT molecular complexity index is 188. The molecule has 1 rings (SSSR count). The number of para-hydroxylation sites is 1. The van der Waals surface area contributed by atoms with Crippen molar-refractivity contribution in [1.82, 2.24) is 0 Å². The molecule has 0 aromatic heterocycles. The summed E-state index contributed by atoms with van der Waals surface area (Å²) in [5.74, 6) is 0.701. The van der Waals surface area contributed by atoms with Crippen LogP contribution in [0.4, 0.5) is 0 Å². The highest BCUT2D eigenvalue weighted by molar-refractivity contribution is 8.93. The van der Waals surface area contributed by atoms with Crippen LogP contribution in [-0.4, -0.2) is 6.40 Å². The van der Waals surface area contributed by atoms with E-state index in [0.29, 0.717) is 5.75 Å². The zero-order chi connectivity index (χ0) is 6.53. The molecule has 0 unspecified atom stereocenters. The van der Waals surface area contributed by atoms with Crippen molar-refractivity contribution in [2.24, 2.45) is 0 Å². The van der Waals surface area contributed by atoms with Crippen molar-refractivity contribution in [2.45, 2.75) is 0 Å². The lowest BCUT2D eigenvalue weighted by Crippen LogP contribution is -1.85. The van der Waals surface area contributed by atoms with Crippen LogP contribution in [0.5, 0.6) is 5.75 Å². The van der Waals surface area contributed by atoms with E-state index < -0.39 is 0 Å². The van der Waals surface area contributed by atoms with E-state index in [0.717, 1.165) is 6.40 Å². The Balaban J connectivity index is 0.000000810. The lowest BCUT2D eigenvalue weighted by atomic mass is 10.3. The summed E-state index contributed by atoms with van der Waals surface area (Å²) in [6.07, 6.45) is 0.912. The van der Waals surface area contributed by atoms with Gasteiger partial charge in [-0.2, -0.15) is 0 Å². The van der Waals surface area contributed by atoms with Crippen LogP contribution >= 0.6 is 17.0 Å². The highest BCUT2D eigenvalue weighted by Gasteiger charge is 1.82. The van der Waals surface area contributed by atoms with Gasteiger partial charge < -0.3 is 4.74 Å². The van der Waals surface area contributed by atoms with E-state index >= 15 is 0 Å². The van der Waals surface area contributed by atoms with Gasteiger partial charge in [0.25, 0.3) is 0 Å². The van der Waals surface area contributed by atoms with Crippen molar-refractivity contribution in [2.75, 3.05) is 0 Å². The highest BCUT2D eigenvalue weighted by Crippen LogP contribution is 2.05. The minimum Gasteiger partial charge on any atom is -0.446 e. The van der Waals surface area contributed by atoms with Crippen LogP contribution in [0.3, 0.4) is 0 Å². The smallest absolute Gasteiger partial charge is 0.173 e. The van der Waals surface area contributed by atoms with Crippen molar-refractivity contribution in [3.8, 4) is 5.75 Å². The third kappa shape index (κ3) is 2.64. The van der Waals surface area contributed by atoms with Gasteiger partial charge in [-0.25, -0.2) is 0 Å². The molecule has 0 radical (unpaired) electrons. The fraction of sp³-hybridized carbons (Fsp3) is 0. The molecular weight excluding hydrogens is 194 g/mol. The van der Waals surface area contributed by atoms with Gasteiger partial charge in [-0.3, -0.25) is 5.41 Å². The molecule has 54 valence electrons. The van der Waals surface area contributed by atoms with Crippen molar-refractivity contribution in [1.29, 1.82) is 5.41 Å². The fourth-order valence-corrected chi connectivity index (χ4v) is 0.567. The summed E-state index contributed by atoms with van der Waals surface area (Å²) in [5, 5.41) is 6.59. The molecule has 0 amide bonds. The Kier molecular flexibility index (Phi) is 4.58. The molecule has 0 saturated heterocycles. The standard InChI is InChI=1S/C7H7NO.BrH/c8-6-9-7-4-2-1-3-5-7;/h1-6,8H;1H. The van der Waals surface area contributed by atoms with Crippen LogP contribution in [-0.2, 0) is 0 Å². The Morgan fingerprint density at radius 3 is 2.30 bits per heavy atom. The van der Waals surface area contributed by atoms with Crippen molar-refractivity contribution >= 4 is 23.4 Å². The Hall–Kier alpha value is -0.830. The molecule has 2 nitrogen and oxygen atoms in total. The van der Waals surface area contributed by atoms with Crippen molar-refractivity contribution in [3.05, 3.63) is 30.3 Å². The summed E-state index contributed by atoms with van der Waals surface area (Å²) in [7, 11) is 0. The average molecular weight is 202 g/mol. The lowest BCUT2D eigenvalue weighted by Gasteiger charge is -1.93. The van der Waals surface area contributed by atoms with Gasteiger partial charge >= 0.3 is 0 Å². The summed E-state index contributed by atoms with van der Waals surface area (Å²) < 4.78 is 4.75. The molecule has 0 aliphatic heterocycles. The van der Waals surface area contributed by atoms with E-state index in [-0.39, 0.29) is 17.0 Å². The second-order valence-electron chi connectivity index (χ2n) is 1.55. The molecule has 0 atom stereocenters. The summed E-state index contributed by atoms with van der Waals surface area (Å²) in [4.78, 5) is 0. The molecule has 0 aliphatic rings. The quantitative estimate of drug-likeness (QED) is 0.579. The van der Waals surface area contributed by atoms with Gasteiger partial charge in [0.05, 0.1) is 0 Å². The van der Waals surface area contributed by atoms with E-state index in [4.69, 9.17) is 10.1 Å². The molecule has 1 aromatic carbocycles. The Morgan fingerprint density at radius 1 is 1.20 bits per heavy atom. The number of hydrogen-bond acceptors (Lipinski definition) is 2. The van der Waals surface area contributed by atoms with E-state index in [1.54, 1.807) is 12.1 Å². The maximum Gasteiger partial charge on any atom is 0.173 e. The largest absolute Gasteiger partial charge is 0.446 e. The van der Waals surface area contributed by atoms with Crippen LogP contribution in [0.25, 0.3) is 0 Å². The SMILES string of the molecule is Br.N=COc1ccccc1. The predicted molar refractivity (Wildman–Crippen MR) is 46.2 cm³/mol. The summed E-state index contributed by atoms with van der Waals surface area (Å²) in [5.41, 5.74) is 0. The normalized spacial score (nSPS) is 7.60. The molecular formula is C7H8BrNO. The van der Waals surface area contributed by atoms with Gasteiger partial charge in [-0.15, -0.1) is 17.0 Å². The molecule has 1 aromatic rings. The summed E-state index contributed by atoms with van der Waals surface area (Å²) in [6, 6.07) is 9.21. The van der Waals surface area contributed by atoms with Gasteiger partial charge in [0.2, 0.25) is 0 Å². The number of benzene rings is 1. The maximum atomic E-state index is 6.59. The first-order valence-electron chi connectivity index (χ1n) is 2.64. The third-order valence-electron chi connectivity index (χ3n) is 0.938. The third-order valence-corrected chi connectivity index (χ3v) is 0.938. The van der Waals surface area contributed by atoms with Crippen LogP contribution in [0.2, 0.25) is 0 Å². The van der Waals surface area contributed by atoms with Crippen LogP contribution in [0, 0.1) is 5.41 Å². The molecule has 0 heterocycles. The average Bonchev–Trinajstić information content (AvgIpc) is 1.91. The second kappa shape index (κ2) is 4.99. The number of nitrogens with one attached hydrogen (secondary N) is 1. The van der Waals surface area contributed by atoms with E-state index in [1.807, 2.05) is 18.2 Å². The number of halogens is 1. The molecule has 0 bridgehead atoms. The minimum atomic E-state index is 0. The number of ether oxygens (including phenoxy) is 1. The molecule has 1 N–H and O–H groups in total. The fourth-order valence-electron chi connectivity index (χ4n) is 0.567.